The van der Waals surface area contributed by atoms with Gasteiger partial charge in [-0.25, -0.2) is 4.79 Å². The zero-order valence-corrected chi connectivity index (χ0v) is 40.1. The van der Waals surface area contributed by atoms with Gasteiger partial charge in [0.05, 0.1) is 12.6 Å². The van der Waals surface area contributed by atoms with Crippen LogP contribution < -0.4 is 10.6 Å². The number of nitrogens with one attached hydrogen (secondary N) is 2. The summed E-state index contributed by atoms with van der Waals surface area (Å²) in [7, 11) is 2.79. The number of ketones is 2. The second-order valence-electron chi connectivity index (χ2n) is 18.1. The summed E-state index contributed by atoms with van der Waals surface area (Å²) < 4.78 is 0. The van der Waals surface area contributed by atoms with E-state index in [4.69, 9.17) is 0 Å². The van der Waals surface area contributed by atoms with Crippen LogP contribution in [0.2, 0.25) is 0 Å². The molecule has 1 heterocycles. The van der Waals surface area contributed by atoms with E-state index in [1.165, 1.54) is 120 Å². The lowest BCUT2D eigenvalue weighted by atomic mass is 9.87. The van der Waals surface area contributed by atoms with Crippen molar-refractivity contribution >= 4 is 41.2 Å². The summed E-state index contributed by atoms with van der Waals surface area (Å²) in [6.07, 6.45) is 14.8. The largest absolute Gasteiger partial charge is 0.507 e. The Morgan fingerprint density at radius 1 is 0.731 bits per heavy atom. The Balaban J connectivity index is 1.67. The molecule has 16 nitrogen and oxygen atoms in total. The predicted molar refractivity (Wildman–Crippen MR) is 254 cm³/mol. The van der Waals surface area contributed by atoms with E-state index >= 15 is 0 Å². The first-order valence-corrected chi connectivity index (χ1v) is 24.3. The number of phenols is 2. The first kappa shape index (κ1) is 56.0. The molecule has 2 aromatic rings. The fourth-order valence-corrected chi connectivity index (χ4v) is 8.58. The molecule has 372 valence electrons. The Labute approximate surface area is 395 Å². The van der Waals surface area contributed by atoms with Gasteiger partial charge in [0, 0.05) is 69.9 Å². The van der Waals surface area contributed by atoms with Crippen LogP contribution in [0.4, 0.5) is 0 Å². The number of aromatic hydroxyl groups is 2. The molecule has 1 aliphatic rings. The lowest BCUT2D eigenvalue weighted by molar-refractivity contribution is -0.143. The third-order valence-corrected chi connectivity index (χ3v) is 12.9. The molecular formula is C51H76N4O12. The van der Waals surface area contributed by atoms with Crippen molar-refractivity contribution in [3.05, 3.63) is 47.5 Å². The summed E-state index contributed by atoms with van der Waals surface area (Å²) in [5.41, 5.74) is 0.850. The monoisotopic (exact) mass is 937 g/mol. The van der Waals surface area contributed by atoms with Gasteiger partial charge < -0.3 is 46.0 Å². The number of carboxylic acids is 1. The van der Waals surface area contributed by atoms with Crippen molar-refractivity contribution in [2.75, 3.05) is 27.3 Å². The summed E-state index contributed by atoms with van der Waals surface area (Å²) in [5.74, 6) is -6.42. The highest BCUT2D eigenvalue weighted by molar-refractivity contribution is 5.97. The molecule has 0 aliphatic carbocycles. The highest BCUT2D eigenvalue weighted by Crippen LogP contribution is 2.39. The van der Waals surface area contributed by atoms with Gasteiger partial charge in [0.15, 0.2) is 11.6 Å². The van der Waals surface area contributed by atoms with Crippen molar-refractivity contribution in [1.82, 2.24) is 20.4 Å². The molecule has 1 aliphatic heterocycles. The lowest BCUT2D eigenvalue weighted by Crippen LogP contribution is -2.53. The summed E-state index contributed by atoms with van der Waals surface area (Å²) in [5, 5.41) is 56.5. The van der Waals surface area contributed by atoms with Crippen LogP contribution in [0.25, 0.3) is 11.1 Å². The number of carbonyl (C=O) groups excluding carboxylic acids is 6. The van der Waals surface area contributed by atoms with Crippen LogP contribution in [0.15, 0.2) is 36.4 Å². The number of rotatable bonds is 28. The SMILES string of the molecule is CCCCCCCCCCCCCCCC(=O)N(C)[C@H](CO)C(=O)N[C@H](C)C(=O)CCC(=O)N(C)[C@@H]1C(=O)C[C@@H](CCCCO)C(=O)N[C@H](C(=O)O)Cc2ccc(O)c(c2)-c2cc1ccc2O. The quantitative estimate of drug-likeness (QED) is 0.0466. The number of hydrogen-bond donors (Lipinski definition) is 7. The first-order chi connectivity index (χ1) is 32.0. The van der Waals surface area contributed by atoms with Gasteiger partial charge in [0.2, 0.25) is 23.6 Å². The summed E-state index contributed by atoms with van der Waals surface area (Å²) in [6, 6.07) is 3.33. The average molecular weight is 937 g/mol. The van der Waals surface area contributed by atoms with E-state index in [-0.39, 0.29) is 66.4 Å². The molecule has 0 aromatic heterocycles. The van der Waals surface area contributed by atoms with Crippen molar-refractivity contribution in [1.29, 1.82) is 0 Å². The number of aliphatic hydroxyl groups is 2. The highest BCUT2D eigenvalue weighted by Gasteiger charge is 2.35. The number of nitrogens with zero attached hydrogens (tertiary/aromatic N) is 2. The molecule has 0 saturated heterocycles. The van der Waals surface area contributed by atoms with Gasteiger partial charge in [-0.15, -0.1) is 0 Å². The van der Waals surface area contributed by atoms with E-state index < -0.39 is 84.8 Å². The predicted octanol–water partition coefficient (Wildman–Crippen LogP) is 6.28. The second-order valence-corrected chi connectivity index (χ2v) is 18.1. The van der Waals surface area contributed by atoms with Crippen molar-refractivity contribution in [2.45, 2.75) is 173 Å². The Hall–Kier alpha value is -5.35. The van der Waals surface area contributed by atoms with Crippen molar-refractivity contribution < 1.29 is 59.1 Å². The van der Waals surface area contributed by atoms with Crippen LogP contribution in [-0.2, 0) is 40.0 Å². The number of likely N-dealkylation sites (N-methyl/N-ethyl adjacent to an activating group) is 2. The second kappa shape index (κ2) is 29.4. The van der Waals surface area contributed by atoms with E-state index in [0.717, 1.165) is 24.2 Å². The maximum absolute atomic E-state index is 14.4. The molecule has 4 bridgehead atoms. The summed E-state index contributed by atoms with van der Waals surface area (Å²) >= 11 is 0. The van der Waals surface area contributed by atoms with Gasteiger partial charge in [-0.3, -0.25) is 28.8 Å². The molecule has 4 amide bonds. The van der Waals surface area contributed by atoms with Gasteiger partial charge in [-0.05, 0) is 61.6 Å². The Morgan fingerprint density at radius 2 is 1.31 bits per heavy atom. The average Bonchev–Trinajstić information content (AvgIpc) is 3.29. The summed E-state index contributed by atoms with van der Waals surface area (Å²) in [6.45, 7) is 2.82. The molecule has 16 heteroatoms. The van der Waals surface area contributed by atoms with Crippen molar-refractivity contribution in [3.8, 4) is 22.6 Å². The van der Waals surface area contributed by atoms with E-state index in [2.05, 4.69) is 17.6 Å². The van der Waals surface area contributed by atoms with Gasteiger partial charge in [-0.2, -0.15) is 0 Å². The molecule has 3 rings (SSSR count). The number of phenolic OH excluding ortho intramolecular Hbond substituents is 2. The van der Waals surface area contributed by atoms with Gasteiger partial charge in [0.1, 0.15) is 29.6 Å². The van der Waals surface area contributed by atoms with Crippen LogP contribution in [0.3, 0.4) is 0 Å². The maximum Gasteiger partial charge on any atom is 0.326 e. The molecule has 0 unspecified atom stereocenters. The number of amides is 4. The number of hydrogen-bond acceptors (Lipinski definition) is 11. The minimum Gasteiger partial charge on any atom is -0.507 e. The van der Waals surface area contributed by atoms with E-state index in [9.17, 15) is 59.1 Å². The molecule has 2 aromatic carbocycles. The molecule has 0 saturated carbocycles. The molecule has 67 heavy (non-hydrogen) atoms. The number of aliphatic carboxylic acids is 1. The zero-order valence-electron chi connectivity index (χ0n) is 40.1. The number of aliphatic hydroxyl groups excluding tert-OH is 2. The number of fused-ring (bicyclic) bond motifs is 5. The van der Waals surface area contributed by atoms with Gasteiger partial charge in [0.25, 0.3) is 0 Å². The van der Waals surface area contributed by atoms with E-state index in [1.807, 2.05) is 0 Å². The van der Waals surface area contributed by atoms with Gasteiger partial charge >= 0.3 is 5.97 Å². The van der Waals surface area contributed by atoms with Crippen molar-refractivity contribution in [3.63, 3.8) is 0 Å². The van der Waals surface area contributed by atoms with Crippen LogP contribution in [-0.4, -0.2) is 122 Å². The highest BCUT2D eigenvalue weighted by atomic mass is 16.4. The minimum absolute atomic E-state index is 0.0934. The minimum atomic E-state index is -1.41. The van der Waals surface area contributed by atoms with Crippen LogP contribution >= 0.6 is 0 Å². The zero-order chi connectivity index (χ0) is 49.5. The standard InChI is InChI=1S/C51H76N4O12/c1-5-6-7-8-9-10-11-12-13-14-15-16-17-21-46(62)54(3)41(33-57)50(65)52-34(2)42(58)26-27-47(63)55(4)48-36-23-25-44(60)39(31-36)38-29-35(22-24-43(38)59)30-40(51(66)67)53-49(64)37(32-45(48)61)20-18-19-28-56/h22-25,29,31,34,37,40-41,48,56-57,59-60H,5-21,26-28,30,32-33H2,1-4H3,(H,52,65)(H,53,64)(H,66,67)/t34-,37-,40+,41-,48+/m1/s1. The lowest BCUT2D eigenvalue weighted by Gasteiger charge is -2.30. The smallest absolute Gasteiger partial charge is 0.326 e. The molecular weight excluding hydrogens is 861 g/mol. The van der Waals surface area contributed by atoms with E-state index in [1.54, 1.807) is 0 Å². The Kier molecular flexibility index (Phi) is 24.6. The first-order valence-electron chi connectivity index (χ1n) is 24.3. The molecule has 5 atom stereocenters. The molecule has 7 N–H and O–H groups in total. The Bertz CT molecular complexity index is 1960. The third kappa shape index (κ3) is 18.0. The van der Waals surface area contributed by atoms with Crippen LogP contribution in [0.1, 0.15) is 159 Å². The molecule has 0 fully saturated rings. The summed E-state index contributed by atoms with van der Waals surface area (Å²) in [4.78, 5) is 96.2. The fraction of sp³-hybridized carbons (Fsp3) is 0.627. The topological polar surface area (TPSA) is 251 Å². The molecule has 0 spiro atoms. The van der Waals surface area contributed by atoms with Gasteiger partial charge in [-0.1, -0.05) is 103 Å². The molecule has 0 radical (unpaired) electrons. The number of unbranched alkanes of at least 4 members (excludes halogenated alkanes) is 13. The Morgan fingerprint density at radius 3 is 1.90 bits per heavy atom. The third-order valence-electron chi connectivity index (χ3n) is 12.9. The van der Waals surface area contributed by atoms with Crippen LogP contribution in [0.5, 0.6) is 11.5 Å². The number of carboxylic acid groups (broad SMARTS) is 1. The fourth-order valence-electron chi connectivity index (χ4n) is 8.58. The normalized spacial score (nSPS) is 17.1. The maximum atomic E-state index is 14.4. The number of carbonyl (C=O) groups is 7. The van der Waals surface area contributed by atoms with Crippen LogP contribution in [0, 0.1) is 5.92 Å². The number of benzene rings is 2. The van der Waals surface area contributed by atoms with E-state index in [0.29, 0.717) is 24.8 Å². The number of Topliss-reactive ketones (excluding diaryl/α,β-unsaturated/α-hetero) is 2. The van der Waals surface area contributed by atoms with Crippen molar-refractivity contribution in [2.24, 2.45) is 5.92 Å².